The van der Waals surface area contributed by atoms with E-state index in [0.717, 1.165) is 10.9 Å². The Balaban J connectivity index is 1.23. The van der Waals surface area contributed by atoms with Gasteiger partial charge < -0.3 is 23.6 Å². The molecule has 0 atom stereocenters. The molecule has 0 aliphatic carbocycles. The van der Waals surface area contributed by atoms with Gasteiger partial charge in [0.25, 0.3) is 0 Å². The summed E-state index contributed by atoms with van der Waals surface area (Å²) >= 11 is 0. The molecule has 9 nitrogen and oxygen atoms in total. The van der Waals surface area contributed by atoms with Crippen LogP contribution in [0.15, 0.2) is 83.5 Å². The average Bonchev–Trinajstić information content (AvgIpc) is 3.65. The predicted octanol–water partition coefficient (Wildman–Crippen LogP) is 7.05. The van der Waals surface area contributed by atoms with Crippen molar-refractivity contribution in [1.29, 1.82) is 0 Å². The number of rotatable bonds is 10. The van der Waals surface area contributed by atoms with Crippen molar-refractivity contribution in [3.05, 3.63) is 119 Å². The quantitative estimate of drug-likeness (QED) is 0.174. The minimum atomic E-state index is -1.03. The van der Waals surface area contributed by atoms with Crippen LogP contribution in [0.3, 0.4) is 0 Å². The fourth-order valence-electron chi connectivity index (χ4n) is 5.02. The van der Waals surface area contributed by atoms with Crippen LogP contribution in [0.1, 0.15) is 27.3 Å². The highest BCUT2D eigenvalue weighted by Gasteiger charge is 2.17. The number of furan rings is 1. The summed E-state index contributed by atoms with van der Waals surface area (Å²) in [6, 6.07) is 20.2. The number of imidazole rings is 1. The van der Waals surface area contributed by atoms with E-state index in [4.69, 9.17) is 20.5 Å². The van der Waals surface area contributed by atoms with Crippen molar-refractivity contribution < 1.29 is 28.2 Å². The number of nitrogens with zero attached hydrogens (tertiary/aromatic N) is 4. The highest BCUT2D eigenvalue weighted by molar-refractivity contribution is 5.93. The Kier molecular flexibility index (Phi) is 7.56. The number of hydrogen-bond donors (Lipinski definition) is 1. The zero-order chi connectivity index (χ0) is 29.9. The molecule has 43 heavy (non-hydrogen) atoms. The van der Waals surface area contributed by atoms with Gasteiger partial charge in [-0.15, -0.1) is 0 Å². The van der Waals surface area contributed by atoms with Crippen LogP contribution in [0.2, 0.25) is 0 Å². The fraction of sp³-hybridized carbons (Fsp3) is 0.152. The molecule has 3 heterocycles. The molecule has 3 aromatic carbocycles. The zero-order valence-electron chi connectivity index (χ0n) is 23.1. The number of aromatic nitrogens is 3. The first-order valence-electron chi connectivity index (χ1n) is 13.4. The van der Waals surface area contributed by atoms with Gasteiger partial charge in [-0.3, -0.25) is 0 Å². The molecule has 3 aromatic heterocycles. The number of carboxylic acids is 1. The first kappa shape index (κ1) is 27.6. The number of halogens is 1. The third-order valence-corrected chi connectivity index (χ3v) is 7.19. The topological polar surface area (TPSA) is 104 Å². The van der Waals surface area contributed by atoms with E-state index in [1.54, 1.807) is 74.0 Å². The maximum absolute atomic E-state index is 15.5. The normalized spacial score (nSPS) is 11.2. The third kappa shape index (κ3) is 5.54. The van der Waals surface area contributed by atoms with E-state index < -0.39 is 11.8 Å². The number of aromatic carboxylic acids is 1. The fourth-order valence-corrected chi connectivity index (χ4v) is 5.02. The summed E-state index contributed by atoms with van der Waals surface area (Å²) in [6.07, 6.45) is 1.75. The largest absolute Gasteiger partial charge is 0.478 e. The van der Waals surface area contributed by atoms with Crippen molar-refractivity contribution in [2.45, 2.75) is 19.6 Å². The van der Waals surface area contributed by atoms with E-state index in [1.165, 1.54) is 12.1 Å². The molecule has 0 aliphatic rings. The Morgan fingerprint density at radius 2 is 1.93 bits per heavy atom. The van der Waals surface area contributed by atoms with Crippen molar-refractivity contribution in [1.82, 2.24) is 14.5 Å². The summed E-state index contributed by atoms with van der Waals surface area (Å²) < 4.78 is 34.1. The molecule has 0 saturated carbocycles. The monoisotopic (exact) mass is 576 g/mol. The SMILES string of the molecule is [C-]#[N+]c1ccc(COc2cccc(-c3ccc(Cc4nc5ccc(C(=O)O)cc5n4CCOC)c(F)c3)n2)c2occc12. The maximum atomic E-state index is 15.5. The van der Waals surface area contributed by atoms with Gasteiger partial charge in [-0.1, -0.05) is 30.3 Å². The summed E-state index contributed by atoms with van der Waals surface area (Å²) in [5.74, 6) is -0.478. The molecule has 214 valence electrons. The molecule has 0 bridgehead atoms. The van der Waals surface area contributed by atoms with E-state index in [9.17, 15) is 9.90 Å². The number of methoxy groups -OCH3 is 1. The van der Waals surface area contributed by atoms with Gasteiger partial charge in [-0.25, -0.2) is 24.0 Å². The average molecular weight is 577 g/mol. The van der Waals surface area contributed by atoms with Gasteiger partial charge in [0.15, 0.2) is 5.69 Å². The van der Waals surface area contributed by atoms with Crippen LogP contribution in [-0.2, 0) is 24.3 Å². The lowest BCUT2D eigenvalue weighted by Crippen LogP contribution is -2.10. The summed E-state index contributed by atoms with van der Waals surface area (Å²) in [4.78, 5) is 24.3. The van der Waals surface area contributed by atoms with Gasteiger partial charge in [-0.2, -0.15) is 0 Å². The molecule has 6 rings (SSSR count). The Morgan fingerprint density at radius 1 is 1.07 bits per heavy atom. The molecule has 0 radical (unpaired) electrons. The molecule has 10 heteroatoms. The lowest BCUT2D eigenvalue weighted by molar-refractivity contribution is 0.0697. The van der Waals surface area contributed by atoms with E-state index in [-0.39, 0.29) is 18.6 Å². The number of ether oxygens (including phenoxy) is 2. The van der Waals surface area contributed by atoms with Crippen LogP contribution in [0.4, 0.5) is 10.1 Å². The molecule has 0 unspecified atom stereocenters. The first-order chi connectivity index (χ1) is 20.9. The van der Waals surface area contributed by atoms with Crippen LogP contribution < -0.4 is 4.74 Å². The standard InChI is InChI=1S/C33H25FN4O5/c1-35-27-10-9-23(32-24(27)12-14-42-32)19-43-31-5-3-4-26(37-31)21-7-6-20(25(34)16-21)18-30-36-28-11-8-22(33(39)40)17-29(28)38(30)13-15-41-2/h3-12,14,16-17H,13,15,18-19H2,2H3,(H,39,40). The van der Waals surface area contributed by atoms with Crippen molar-refractivity contribution in [2.24, 2.45) is 0 Å². The highest BCUT2D eigenvalue weighted by Crippen LogP contribution is 2.31. The highest BCUT2D eigenvalue weighted by atomic mass is 19.1. The summed E-state index contributed by atoms with van der Waals surface area (Å²) in [5, 5.41) is 10.2. The molecule has 0 saturated heterocycles. The van der Waals surface area contributed by atoms with Crippen LogP contribution in [0.25, 0.3) is 38.1 Å². The second kappa shape index (κ2) is 11.8. The van der Waals surface area contributed by atoms with Crippen LogP contribution in [0.5, 0.6) is 5.88 Å². The Labute approximate surface area is 245 Å². The lowest BCUT2D eigenvalue weighted by Gasteiger charge is -2.11. The van der Waals surface area contributed by atoms with Gasteiger partial charge in [0.2, 0.25) is 5.88 Å². The van der Waals surface area contributed by atoms with Gasteiger partial charge in [-0.05, 0) is 42.0 Å². The van der Waals surface area contributed by atoms with Crippen molar-refractivity contribution >= 4 is 33.7 Å². The van der Waals surface area contributed by atoms with E-state index in [2.05, 4.69) is 14.8 Å². The minimum Gasteiger partial charge on any atom is -0.478 e. The number of fused-ring (bicyclic) bond motifs is 2. The molecule has 0 fully saturated rings. The van der Waals surface area contributed by atoms with Gasteiger partial charge in [0.05, 0.1) is 41.7 Å². The number of pyridine rings is 1. The number of carbonyl (C=O) groups is 1. The third-order valence-electron chi connectivity index (χ3n) is 7.19. The van der Waals surface area contributed by atoms with E-state index >= 15 is 4.39 Å². The Morgan fingerprint density at radius 3 is 2.72 bits per heavy atom. The molecule has 6 aromatic rings. The van der Waals surface area contributed by atoms with Gasteiger partial charge >= 0.3 is 5.97 Å². The van der Waals surface area contributed by atoms with E-state index in [0.29, 0.717) is 64.0 Å². The van der Waals surface area contributed by atoms with Crippen LogP contribution >= 0.6 is 0 Å². The van der Waals surface area contributed by atoms with Crippen LogP contribution in [0, 0.1) is 12.4 Å². The maximum Gasteiger partial charge on any atom is 0.335 e. The second-order valence-corrected chi connectivity index (χ2v) is 9.83. The molecular formula is C33H25FN4O5. The molecule has 0 spiro atoms. The summed E-state index contributed by atoms with van der Waals surface area (Å²) in [5.41, 5.74) is 4.89. The number of carboxylic acid groups (broad SMARTS) is 1. The van der Waals surface area contributed by atoms with Crippen molar-refractivity contribution in [2.75, 3.05) is 13.7 Å². The molecule has 1 N–H and O–H groups in total. The minimum absolute atomic E-state index is 0.152. The molecule has 0 amide bonds. The number of benzene rings is 3. The molecule has 0 aliphatic heterocycles. The van der Waals surface area contributed by atoms with Crippen molar-refractivity contribution in [3.63, 3.8) is 0 Å². The predicted molar refractivity (Wildman–Crippen MR) is 158 cm³/mol. The second-order valence-electron chi connectivity index (χ2n) is 9.83. The Bertz CT molecular complexity index is 2020. The zero-order valence-corrected chi connectivity index (χ0v) is 23.1. The van der Waals surface area contributed by atoms with E-state index in [1.807, 2.05) is 4.57 Å². The van der Waals surface area contributed by atoms with Crippen LogP contribution in [-0.4, -0.2) is 39.3 Å². The number of hydrogen-bond acceptors (Lipinski definition) is 6. The van der Waals surface area contributed by atoms with Gasteiger partial charge in [0.1, 0.15) is 23.8 Å². The van der Waals surface area contributed by atoms with Crippen molar-refractivity contribution in [3.8, 4) is 17.1 Å². The smallest absolute Gasteiger partial charge is 0.335 e. The summed E-state index contributed by atoms with van der Waals surface area (Å²) in [7, 11) is 1.58. The molecular weight excluding hydrogens is 551 g/mol. The lowest BCUT2D eigenvalue weighted by atomic mass is 10.1. The van der Waals surface area contributed by atoms with Gasteiger partial charge in [0, 0.05) is 42.7 Å². The summed E-state index contributed by atoms with van der Waals surface area (Å²) in [6.45, 7) is 8.34. The Hall–Kier alpha value is -5.53. The first-order valence-corrected chi connectivity index (χ1v) is 13.4.